The smallest absolute Gasteiger partial charge is 0.272 e. The van der Waals surface area contributed by atoms with E-state index in [2.05, 4.69) is 40.9 Å². The second-order valence-corrected chi connectivity index (χ2v) is 8.31. The van der Waals surface area contributed by atoms with E-state index in [1.807, 2.05) is 0 Å². The van der Waals surface area contributed by atoms with E-state index < -0.39 is 4.92 Å². The van der Waals surface area contributed by atoms with Crippen molar-refractivity contribution in [1.29, 1.82) is 0 Å². The molecule has 1 aromatic heterocycles. The van der Waals surface area contributed by atoms with Crippen molar-refractivity contribution in [2.24, 2.45) is 4.99 Å². The first-order chi connectivity index (χ1) is 14.0. The molecular weight excluding hydrogens is 406 g/mol. The van der Waals surface area contributed by atoms with Gasteiger partial charge in [0, 0.05) is 30.5 Å². The molecule has 0 bridgehead atoms. The Bertz CT molecular complexity index is 1130. The monoisotopic (exact) mass is 427 g/mol. The summed E-state index contributed by atoms with van der Waals surface area (Å²) in [5.41, 5.74) is 3.07. The molecule has 8 heteroatoms. The van der Waals surface area contributed by atoms with Gasteiger partial charge in [-0.1, -0.05) is 24.3 Å². The van der Waals surface area contributed by atoms with E-state index >= 15 is 0 Å². The lowest BCUT2D eigenvalue weighted by molar-refractivity contribution is -0.384. The van der Waals surface area contributed by atoms with Gasteiger partial charge in [0.05, 0.1) is 15.1 Å². The minimum atomic E-state index is -0.452. The maximum Gasteiger partial charge on any atom is 0.272 e. The van der Waals surface area contributed by atoms with Crippen LogP contribution in [0.4, 0.5) is 5.69 Å². The number of nitro benzene ring substituents is 1. The summed E-state index contributed by atoms with van der Waals surface area (Å²) in [6, 6.07) is 12.4. The molecule has 0 spiro atoms. The topological polar surface area (TPSA) is 77.5 Å². The summed E-state index contributed by atoms with van der Waals surface area (Å²) in [6.07, 6.45) is 6.02. The summed E-state index contributed by atoms with van der Waals surface area (Å²) in [6.45, 7) is 2.90. The van der Waals surface area contributed by atoms with Crippen LogP contribution in [0.5, 0.6) is 0 Å². The standard InChI is InChI=1S/C21H21N3O3S2/c1-3-15-6-10-18-19(14-15)29-21(23(18)12-13-28-2)22-20(25)11-7-16-4-8-17(9-5-16)24(26)27/h4-11,14H,3,12-13H2,1-2H3/b11-7+,22-21?. The minimum Gasteiger partial charge on any atom is -0.316 e. The Balaban J connectivity index is 1.90. The zero-order chi connectivity index (χ0) is 20.8. The molecule has 1 amide bonds. The second-order valence-electron chi connectivity index (χ2n) is 6.32. The second kappa shape index (κ2) is 9.67. The number of benzene rings is 2. The SMILES string of the molecule is CCc1ccc2c(c1)sc(=NC(=O)/C=C/c1ccc([N+](=O)[O-])cc1)n2CCSC. The van der Waals surface area contributed by atoms with Gasteiger partial charge in [0.2, 0.25) is 0 Å². The van der Waals surface area contributed by atoms with Crippen molar-refractivity contribution in [2.75, 3.05) is 12.0 Å². The maximum absolute atomic E-state index is 12.4. The van der Waals surface area contributed by atoms with Crippen LogP contribution in [0.1, 0.15) is 18.1 Å². The highest BCUT2D eigenvalue weighted by molar-refractivity contribution is 7.98. The Morgan fingerprint density at radius 1 is 1.28 bits per heavy atom. The number of aryl methyl sites for hydroxylation is 2. The van der Waals surface area contributed by atoms with Gasteiger partial charge < -0.3 is 4.57 Å². The van der Waals surface area contributed by atoms with Crippen molar-refractivity contribution >= 4 is 51.0 Å². The molecule has 0 aliphatic heterocycles. The van der Waals surface area contributed by atoms with E-state index in [9.17, 15) is 14.9 Å². The van der Waals surface area contributed by atoms with Crippen LogP contribution in [0.15, 0.2) is 53.5 Å². The van der Waals surface area contributed by atoms with Crippen molar-refractivity contribution in [1.82, 2.24) is 4.57 Å². The molecule has 0 aliphatic rings. The van der Waals surface area contributed by atoms with E-state index in [1.165, 1.54) is 35.1 Å². The lowest BCUT2D eigenvalue weighted by Crippen LogP contribution is -2.17. The van der Waals surface area contributed by atoms with Crippen molar-refractivity contribution < 1.29 is 9.72 Å². The lowest BCUT2D eigenvalue weighted by Gasteiger charge is -2.04. The van der Waals surface area contributed by atoms with Crippen LogP contribution >= 0.6 is 23.1 Å². The molecule has 3 aromatic rings. The van der Waals surface area contributed by atoms with Crippen LogP contribution in [0.3, 0.4) is 0 Å². The van der Waals surface area contributed by atoms with Gasteiger partial charge >= 0.3 is 0 Å². The molecule has 0 radical (unpaired) electrons. The number of non-ortho nitro benzene ring substituents is 1. The first-order valence-corrected chi connectivity index (χ1v) is 11.3. The van der Waals surface area contributed by atoms with Gasteiger partial charge in [0.15, 0.2) is 4.80 Å². The Morgan fingerprint density at radius 3 is 2.69 bits per heavy atom. The largest absolute Gasteiger partial charge is 0.316 e. The molecule has 0 saturated heterocycles. The van der Waals surface area contributed by atoms with Crippen LogP contribution in [0, 0.1) is 10.1 Å². The van der Waals surface area contributed by atoms with Gasteiger partial charge in [-0.05, 0) is 54.1 Å². The Kier molecular flexibility index (Phi) is 7.00. The van der Waals surface area contributed by atoms with Crippen LogP contribution in [-0.4, -0.2) is 27.4 Å². The van der Waals surface area contributed by atoms with Crippen molar-refractivity contribution in [3.63, 3.8) is 0 Å². The highest BCUT2D eigenvalue weighted by Crippen LogP contribution is 2.20. The summed E-state index contributed by atoms with van der Waals surface area (Å²) in [5.74, 6) is 0.574. The highest BCUT2D eigenvalue weighted by Gasteiger charge is 2.08. The first-order valence-electron chi connectivity index (χ1n) is 9.14. The number of aromatic nitrogens is 1. The fourth-order valence-corrected chi connectivity index (χ4v) is 4.32. The Morgan fingerprint density at radius 2 is 2.03 bits per heavy atom. The number of hydrogen-bond donors (Lipinski definition) is 0. The number of nitro groups is 1. The van der Waals surface area contributed by atoms with Crippen LogP contribution in [-0.2, 0) is 17.8 Å². The number of fused-ring (bicyclic) bond motifs is 1. The minimum absolute atomic E-state index is 0.0183. The molecule has 2 aromatic carbocycles. The molecular formula is C21H21N3O3S2. The quantitative estimate of drug-likeness (QED) is 0.312. The fourth-order valence-electron chi connectivity index (χ4n) is 2.83. The average molecular weight is 428 g/mol. The predicted octanol–water partition coefficient (Wildman–Crippen LogP) is 4.68. The number of hydrogen-bond acceptors (Lipinski definition) is 5. The summed E-state index contributed by atoms with van der Waals surface area (Å²) in [7, 11) is 0. The van der Waals surface area contributed by atoms with Crippen LogP contribution in [0.25, 0.3) is 16.3 Å². The fraction of sp³-hybridized carbons (Fsp3) is 0.238. The zero-order valence-corrected chi connectivity index (χ0v) is 17.8. The number of thiazole rings is 1. The highest BCUT2D eigenvalue weighted by atomic mass is 32.2. The molecule has 3 rings (SSSR count). The molecule has 0 N–H and O–H groups in total. The van der Waals surface area contributed by atoms with Gasteiger partial charge in [0.1, 0.15) is 0 Å². The first kappa shape index (κ1) is 21.0. The Hall–Kier alpha value is -2.71. The number of thioether (sulfide) groups is 1. The molecule has 0 aliphatic carbocycles. The summed E-state index contributed by atoms with van der Waals surface area (Å²) in [4.78, 5) is 27.7. The predicted molar refractivity (Wildman–Crippen MR) is 120 cm³/mol. The van der Waals surface area contributed by atoms with E-state index in [0.717, 1.165) is 28.9 Å². The molecule has 1 heterocycles. The van der Waals surface area contributed by atoms with Crippen LogP contribution < -0.4 is 4.80 Å². The third-order valence-corrected chi connectivity index (χ3v) is 6.03. The third kappa shape index (κ3) is 5.21. The van der Waals surface area contributed by atoms with Gasteiger partial charge in [-0.25, -0.2) is 0 Å². The van der Waals surface area contributed by atoms with E-state index in [4.69, 9.17) is 0 Å². The van der Waals surface area contributed by atoms with Gasteiger partial charge in [-0.2, -0.15) is 16.8 Å². The summed E-state index contributed by atoms with van der Waals surface area (Å²) in [5, 5.41) is 10.7. The summed E-state index contributed by atoms with van der Waals surface area (Å²) >= 11 is 3.27. The van der Waals surface area contributed by atoms with Gasteiger partial charge in [-0.15, -0.1) is 0 Å². The van der Waals surface area contributed by atoms with Crippen molar-refractivity contribution in [3.8, 4) is 0 Å². The van der Waals surface area contributed by atoms with E-state index in [-0.39, 0.29) is 11.6 Å². The number of carbonyl (C=O) groups excluding carboxylic acids is 1. The molecule has 0 unspecified atom stereocenters. The molecule has 0 fully saturated rings. The average Bonchev–Trinajstić information content (AvgIpc) is 3.06. The normalized spacial score (nSPS) is 12.1. The summed E-state index contributed by atoms with van der Waals surface area (Å²) < 4.78 is 3.21. The Labute approximate surface area is 176 Å². The van der Waals surface area contributed by atoms with E-state index in [0.29, 0.717) is 10.4 Å². The zero-order valence-electron chi connectivity index (χ0n) is 16.2. The third-order valence-electron chi connectivity index (χ3n) is 4.40. The number of carbonyl (C=O) groups is 1. The van der Waals surface area contributed by atoms with Crippen LogP contribution in [0.2, 0.25) is 0 Å². The van der Waals surface area contributed by atoms with Gasteiger partial charge in [-0.3, -0.25) is 14.9 Å². The van der Waals surface area contributed by atoms with Crippen molar-refractivity contribution in [3.05, 3.63) is 74.6 Å². The lowest BCUT2D eigenvalue weighted by atomic mass is 10.2. The number of amides is 1. The number of rotatable bonds is 7. The molecule has 0 atom stereocenters. The molecule has 6 nitrogen and oxygen atoms in total. The van der Waals surface area contributed by atoms with E-state index in [1.54, 1.807) is 30.0 Å². The maximum atomic E-state index is 12.4. The molecule has 150 valence electrons. The van der Waals surface area contributed by atoms with Crippen molar-refractivity contribution in [2.45, 2.75) is 19.9 Å². The number of nitrogens with zero attached hydrogens (tertiary/aromatic N) is 3. The molecule has 0 saturated carbocycles. The van der Waals surface area contributed by atoms with Gasteiger partial charge in [0.25, 0.3) is 11.6 Å². The molecule has 29 heavy (non-hydrogen) atoms.